The molecule has 0 aromatic heterocycles. The van der Waals surface area contributed by atoms with Crippen molar-refractivity contribution >= 4 is 33.8 Å². The zero-order valence-electron chi connectivity index (χ0n) is 10.8. The zero-order chi connectivity index (χ0) is 15.2. The molecule has 2 aromatic rings. The largest absolute Gasteiger partial charge is 0.483 e. The number of carbonyl (C=O) groups excluding carboxylic acids is 2. The van der Waals surface area contributed by atoms with E-state index in [2.05, 4.69) is 21.2 Å². The van der Waals surface area contributed by atoms with Crippen LogP contribution in [-0.2, 0) is 4.79 Å². The molecule has 4 nitrogen and oxygen atoms in total. The monoisotopic (exact) mass is 351 g/mol. The molecule has 0 aliphatic rings. The van der Waals surface area contributed by atoms with E-state index in [4.69, 9.17) is 4.74 Å². The molecule has 0 saturated carbocycles. The second kappa shape index (κ2) is 6.99. The molecule has 2 aromatic carbocycles. The van der Waals surface area contributed by atoms with Gasteiger partial charge in [0, 0.05) is 11.3 Å². The Morgan fingerprint density at radius 2 is 1.95 bits per heavy atom. The second-order valence-electron chi connectivity index (χ2n) is 4.15. The fourth-order valence-electron chi connectivity index (χ4n) is 1.58. The number of carbonyl (C=O) groups is 2. The number of anilines is 1. The summed E-state index contributed by atoms with van der Waals surface area (Å²) in [5.74, 6) is -0.286. The molecule has 0 spiro atoms. The van der Waals surface area contributed by atoms with Crippen LogP contribution in [0.25, 0.3) is 0 Å². The first kappa shape index (κ1) is 15.2. The van der Waals surface area contributed by atoms with E-state index in [-0.39, 0.29) is 18.3 Å². The van der Waals surface area contributed by atoms with Crippen LogP contribution < -0.4 is 10.1 Å². The summed E-state index contributed by atoms with van der Waals surface area (Å²) in [4.78, 5) is 22.3. The molecule has 0 atom stereocenters. The minimum atomic E-state index is -0.372. The molecule has 1 N–H and O–H groups in total. The van der Waals surface area contributed by atoms with Crippen molar-refractivity contribution in [2.75, 3.05) is 11.9 Å². The zero-order valence-corrected chi connectivity index (χ0v) is 12.4. The van der Waals surface area contributed by atoms with Gasteiger partial charge in [-0.1, -0.05) is 0 Å². The number of hydrogen-bond donors (Lipinski definition) is 1. The van der Waals surface area contributed by atoms with Crippen LogP contribution in [-0.4, -0.2) is 18.8 Å². The van der Waals surface area contributed by atoms with E-state index in [9.17, 15) is 14.0 Å². The van der Waals surface area contributed by atoms with Gasteiger partial charge in [0.25, 0.3) is 5.91 Å². The van der Waals surface area contributed by atoms with Gasteiger partial charge in [-0.2, -0.15) is 0 Å². The van der Waals surface area contributed by atoms with Crippen LogP contribution in [0.1, 0.15) is 10.4 Å². The Labute approximate surface area is 129 Å². The average Bonchev–Trinajstić information content (AvgIpc) is 2.48. The van der Waals surface area contributed by atoms with Gasteiger partial charge in [0.05, 0.1) is 4.47 Å². The molecule has 21 heavy (non-hydrogen) atoms. The maximum Gasteiger partial charge on any atom is 0.262 e. The number of hydrogen-bond acceptors (Lipinski definition) is 3. The maximum absolute atomic E-state index is 12.7. The van der Waals surface area contributed by atoms with Crippen LogP contribution in [0.3, 0.4) is 0 Å². The molecule has 0 radical (unpaired) electrons. The molecule has 1 amide bonds. The van der Waals surface area contributed by atoms with Crippen LogP contribution in [0, 0.1) is 5.82 Å². The van der Waals surface area contributed by atoms with Gasteiger partial charge in [0.2, 0.25) is 0 Å². The third kappa shape index (κ3) is 4.39. The normalized spacial score (nSPS) is 10.0. The summed E-state index contributed by atoms with van der Waals surface area (Å²) in [6.45, 7) is -0.198. The molecular weight excluding hydrogens is 341 g/mol. The van der Waals surface area contributed by atoms with E-state index in [1.807, 2.05) is 0 Å². The van der Waals surface area contributed by atoms with Crippen molar-refractivity contribution in [1.29, 1.82) is 0 Å². The maximum atomic E-state index is 12.7. The number of aldehydes is 1. The molecule has 0 saturated heterocycles. The topological polar surface area (TPSA) is 55.4 Å². The molecule has 0 aliphatic heterocycles. The average molecular weight is 352 g/mol. The molecule has 0 aliphatic carbocycles. The fraction of sp³-hybridized carbons (Fsp3) is 0.0667. The van der Waals surface area contributed by atoms with E-state index in [0.717, 1.165) is 6.29 Å². The van der Waals surface area contributed by atoms with Crippen molar-refractivity contribution in [3.63, 3.8) is 0 Å². The highest BCUT2D eigenvalue weighted by Gasteiger charge is 2.07. The Hall–Kier alpha value is -2.21. The molecule has 2 rings (SSSR count). The second-order valence-corrected chi connectivity index (χ2v) is 5.01. The van der Waals surface area contributed by atoms with E-state index >= 15 is 0 Å². The summed E-state index contributed by atoms with van der Waals surface area (Å²) in [5, 5.41) is 2.58. The minimum absolute atomic E-state index is 0.198. The number of amides is 1. The van der Waals surface area contributed by atoms with E-state index in [0.29, 0.717) is 21.5 Å². The van der Waals surface area contributed by atoms with Crippen molar-refractivity contribution in [3.8, 4) is 5.75 Å². The first-order valence-electron chi connectivity index (χ1n) is 6.01. The van der Waals surface area contributed by atoms with Crippen molar-refractivity contribution in [2.24, 2.45) is 0 Å². The van der Waals surface area contributed by atoms with Gasteiger partial charge in [-0.15, -0.1) is 0 Å². The lowest BCUT2D eigenvalue weighted by atomic mass is 10.2. The Kier molecular flexibility index (Phi) is 5.05. The first-order chi connectivity index (χ1) is 10.1. The van der Waals surface area contributed by atoms with Gasteiger partial charge in [-0.25, -0.2) is 4.39 Å². The van der Waals surface area contributed by atoms with Crippen LogP contribution in [0.5, 0.6) is 5.75 Å². The first-order valence-corrected chi connectivity index (χ1v) is 6.81. The van der Waals surface area contributed by atoms with Gasteiger partial charge < -0.3 is 10.1 Å². The van der Waals surface area contributed by atoms with Crippen LogP contribution in [0.4, 0.5) is 10.1 Å². The molecule has 0 fully saturated rings. The van der Waals surface area contributed by atoms with E-state index < -0.39 is 0 Å². The third-order valence-corrected chi connectivity index (χ3v) is 3.20. The van der Waals surface area contributed by atoms with Crippen molar-refractivity contribution < 1.29 is 18.7 Å². The highest BCUT2D eigenvalue weighted by atomic mass is 79.9. The van der Waals surface area contributed by atoms with Crippen molar-refractivity contribution in [3.05, 3.63) is 58.3 Å². The number of ether oxygens (including phenoxy) is 1. The molecule has 0 bridgehead atoms. The molecule has 108 valence electrons. The number of halogens is 2. The molecule has 0 heterocycles. The van der Waals surface area contributed by atoms with Crippen molar-refractivity contribution in [2.45, 2.75) is 0 Å². The van der Waals surface area contributed by atoms with Crippen LogP contribution in [0.15, 0.2) is 46.9 Å². The van der Waals surface area contributed by atoms with Gasteiger partial charge in [0.15, 0.2) is 6.61 Å². The van der Waals surface area contributed by atoms with Crippen molar-refractivity contribution in [1.82, 2.24) is 0 Å². The molecule has 6 heteroatoms. The smallest absolute Gasteiger partial charge is 0.262 e. The molecular formula is C15H11BrFNO3. The Morgan fingerprint density at radius 1 is 1.24 bits per heavy atom. The van der Waals surface area contributed by atoms with Crippen LogP contribution in [0.2, 0.25) is 0 Å². The van der Waals surface area contributed by atoms with Gasteiger partial charge in [0.1, 0.15) is 17.9 Å². The standard InChI is InChI=1S/C15H11BrFNO3/c16-13-7-10(8-19)1-6-14(13)21-9-15(20)18-12-4-2-11(17)3-5-12/h1-8H,9H2,(H,18,20). The van der Waals surface area contributed by atoms with Gasteiger partial charge in [-0.05, 0) is 58.4 Å². The summed E-state index contributed by atoms with van der Waals surface area (Å²) in [6.07, 6.45) is 0.718. The van der Waals surface area contributed by atoms with Crippen LogP contribution >= 0.6 is 15.9 Å². The Bertz CT molecular complexity index is 658. The lowest BCUT2D eigenvalue weighted by molar-refractivity contribution is -0.118. The highest BCUT2D eigenvalue weighted by Crippen LogP contribution is 2.25. The quantitative estimate of drug-likeness (QED) is 0.839. The summed E-state index contributed by atoms with van der Waals surface area (Å²) in [7, 11) is 0. The Balaban J connectivity index is 1.92. The summed E-state index contributed by atoms with van der Waals surface area (Å²) in [5.41, 5.74) is 0.991. The van der Waals surface area contributed by atoms with Gasteiger partial charge >= 0.3 is 0 Å². The summed E-state index contributed by atoms with van der Waals surface area (Å²) in [6, 6.07) is 10.2. The van der Waals surface area contributed by atoms with E-state index in [1.54, 1.807) is 18.2 Å². The fourth-order valence-corrected chi connectivity index (χ4v) is 2.09. The lowest BCUT2D eigenvalue weighted by Gasteiger charge is -2.09. The van der Waals surface area contributed by atoms with E-state index in [1.165, 1.54) is 24.3 Å². The predicted octanol–water partition coefficient (Wildman–Crippen LogP) is 3.42. The highest BCUT2D eigenvalue weighted by molar-refractivity contribution is 9.10. The third-order valence-electron chi connectivity index (χ3n) is 2.58. The Morgan fingerprint density at radius 3 is 2.57 bits per heavy atom. The predicted molar refractivity (Wildman–Crippen MR) is 80.1 cm³/mol. The molecule has 0 unspecified atom stereocenters. The summed E-state index contributed by atoms with van der Waals surface area (Å²) < 4.78 is 18.7. The lowest BCUT2D eigenvalue weighted by Crippen LogP contribution is -2.20. The number of nitrogens with one attached hydrogen (secondary N) is 1. The number of rotatable bonds is 5. The minimum Gasteiger partial charge on any atom is -0.483 e. The summed E-state index contributed by atoms with van der Waals surface area (Å²) >= 11 is 3.26. The number of benzene rings is 2. The van der Waals surface area contributed by atoms with Gasteiger partial charge in [-0.3, -0.25) is 9.59 Å². The SMILES string of the molecule is O=Cc1ccc(OCC(=O)Nc2ccc(F)cc2)c(Br)c1.